The zero-order chi connectivity index (χ0) is 17.9. The van der Waals surface area contributed by atoms with Crippen LogP contribution in [0, 0.1) is 11.6 Å². The first kappa shape index (κ1) is 17.1. The Balaban J connectivity index is 1.60. The Bertz CT molecular complexity index is 759. The van der Waals surface area contributed by atoms with Crippen LogP contribution in [0.4, 0.5) is 19.3 Å². The van der Waals surface area contributed by atoms with Crippen molar-refractivity contribution < 1.29 is 23.4 Å². The summed E-state index contributed by atoms with van der Waals surface area (Å²) in [6.07, 6.45) is 3.77. The summed E-state index contributed by atoms with van der Waals surface area (Å²) in [6, 6.07) is 6.09. The lowest BCUT2D eigenvalue weighted by atomic mass is 9.77. The standard InChI is InChI=1S/C17H17F2N3O3/c18-12-3-1-4-13(15(12)19)25-14-6-5-11(9-20-14)21-16(24)22-17(10-23)7-2-8-17/h1,3-6,9,23H,2,7-8,10H2,(H2,21,22,24). The SMILES string of the molecule is O=C(Nc1ccc(Oc2cccc(F)c2F)nc1)NC1(CO)CCC1. The van der Waals surface area contributed by atoms with Gasteiger partial charge in [-0.3, -0.25) is 0 Å². The molecule has 0 bridgehead atoms. The van der Waals surface area contributed by atoms with Crippen LogP contribution in [-0.4, -0.2) is 28.3 Å². The molecule has 3 N–H and O–H groups in total. The van der Waals surface area contributed by atoms with E-state index in [0.29, 0.717) is 5.69 Å². The van der Waals surface area contributed by atoms with Crippen LogP contribution in [0.5, 0.6) is 11.6 Å². The Morgan fingerprint density at radius 1 is 1.28 bits per heavy atom. The fourth-order valence-corrected chi connectivity index (χ4v) is 2.52. The Morgan fingerprint density at radius 3 is 2.68 bits per heavy atom. The molecule has 1 aromatic carbocycles. The van der Waals surface area contributed by atoms with Crippen molar-refractivity contribution in [2.45, 2.75) is 24.8 Å². The van der Waals surface area contributed by atoms with E-state index in [9.17, 15) is 18.7 Å². The zero-order valence-electron chi connectivity index (χ0n) is 13.3. The Kier molecular flexibility index (Phi) is 4.80. The minimum absolute atomic E-state index is 0.0567. The van der Waals surface area contributed by atoms with E-state index in [1.165, 1.54) is 30.5 Å². The highest BCUT2D eigenvalue weighted by Gasteiger charge is 2.37. The van der Waals surface area contributed by atoms with Crippen molar-refractivity contribution in [3.63, 3.8) is 0 Å². The number of hydrogen-bond acceptors (Lipinski definition) is 4. The van der Waals surface area contributed by atoms with Gasteiger partial charge in [-0.05, 0) is 37.5 Å². The van der Waals surface area contributed by atoms with Crippen LogP contribution in [0.25, 0.3) is 0 Å². The maximum absolute atomic E-state index is 13.6. The Hall–Kier alpha value is -2.74. The molecule has 132 valence electrons. The number of pyridine rings is 1. The predicted octanol–water partition coefficient (Wildman–Crippen LogP) is 3.19. The van der Waals surface area contributed by atoms with Crippen molar-refractivity contribution in [3.8, 4) is 11.6 Å². The molecule has 2 aromatic rings. The van der Waals surface area contributed by atoms with Crippen LogP contribution in [-0.2, 0) is 0 Å². The molecule has 6 nitrogen and oxygen atoms in total. The molecule has 0 radical (unpaired) electrons. The minimum atomic E-state index is -1.10. The highest BCUT2D eigenvalue weighted by molar-refractivity contribution is 5.89. The summed E-state index contributed by atoms with van der Waals surface area (Å²) in [5.41, 5.74) is -0.146. The van der Waals surface area contributed by atoms with Crippen molar-refractivity contribution in [3.05, 3.63) is 48.2 Å². The van der Waals surface area contributed by atoms with Crippen LogP contribution in [0.15, 0.2) is 36.5 Å². The van der Waals surface area contributed by atoms with E-state index in [4.69, 9.17) is 4.74 Å². The lowest BCUT2D eigenvalue weighted by molar-refractivity contribution is 0.0984. The largest absolute Gasteiger partial charge is 0.436 e. The molecule has 1 aromatic heterocycles. The van der Waals surface area contributed by atoms with Crippen molar-refractivity contribution in [2.75, 3.05) is 11.9 Å². The van der Waals surface area contributed by atoms with E-state index in [2.05, 4.69) is 15.6 Å². The summed E-state index contributed by atoms with van der Waals surface area (Å²) >= 11 is 0. The number of nitrogens with one attached hydrogen (secondary N) is 2. The van der Waals surface area contributed by atoms with Crippen molar-refractivity contribution in [1.82, 2.24) is 10.3 Å². The average Bonchev–Trinajstić information content (AvgIpc) is 2.57. The van der Waals surface area contributed by atoms with Gasteiger partial charge in [0.1, 0.15) is 0 Å². The molecule has 0 spiro atoms. The highest BCUT2D eigenvalue weighted by Crippen LogP contribution is 2.31. The van der Waals surface area contributed by atoms with Gasteiger partial charge >= 0.3 is 6.03 Å². The first-order valence-electron chi connectivity index (χ1n) is 7.79. The van der Waals surface area contributed by atoms with Crippen LogP contribution in [0.3, 0.4) is 0 Å². The number of carbonyl (C=O) groups is 1. The van der Waals surface area contributed by atoms with Gasteiger partial charge in [0.15, 0.2) is 11.6 Å². The molecular formula is C17H17F2N3O3. The summed E-state index contributed by atoms with van der Waals surface area (Å²) < 4.78 is 31.9. The first-order chi connectivity index (χ1) is 12.0. The second kappa shape index (κ2) is 7.02. The molecule has 1 saturated carbocycles. The predicted molar refractivity (Wildman–Crippen MR) is 86.5 cm³/mol. The number of nitrogens with zero attached hydrogens (tertiary/aromatic N) is 1. The maximum Gasteiger partial charge on any atom is 0.319 e. The van der Waals surface area contributed by atoms with Crippen LogP contribution >= 0.6 is 0 Å². The molecule has 0 aliphatic heterocycles. The molecular weight excluding hydrogens is 332 g/mol. The topological polar surface area (TPSA) is 83.5 Å². The molecule has 1 aliphatic carbocycles. The Morgan fingerprint density at radius 2 is 2.08 bits per heavy atom. The molecule has 1 heterocycles. The van der Waals surface area contributed by atoms with E-state index in [0.717, 1.165) is 25.3 Å². The summed E-state index contributed by atoms with van der Waals surface area (Å²) in [4.78, 5) is 15.9. The third-order valence-corrected chi connectivity index (χ3v) is 4.12. The number of hydrogen-bond donors (Lipinski definition) is 3. The average molecular weight is 349 g/mol. The molecule has 25 heavy (non-hydrogen) atoms. The molecule has 1 fully saturated rings. The number of aliphatic hydroxyl groups excluding tert-OH is 1. The minimum Gasteiger partial charge on any atom is -0.436 e. The quantitative estimate of drug-likeness (QED) is 0.774. The molecule has 0 atom stereocenters. The van der Waals surface area contributed by atoms with Gasteiger partial charge in [-0.25, -0.2) is 14.2 Å². The van der Waals surface area contributed by atoms with E-state index in [1.54, 1.807) is 0 Å². The summed E-state index contributed by atoms with van der Waals surface area (Å²) in [6.45, 7) is -0.107. The molecule has 8 heteroatoms. The van der Waals surface area contributed by atoms with Gasteiger partial charge < -0.3 is 20.5 Å². The number of carbonyl (C=O) groups excluding carboxylic acids is 1. The van der Waals surface area contributed by atoms with Crippen LogP contribution < -0.4 is 15.4 Å². The van der Waals surface area contributed by atoms with Crippen molar-refractivity contribution in [1.29, 1.82) is 0 Å². The normalized spacial score (nSPS) is 15.2. The Labute approximate surface area is 142 Å². The monoisotopic (exact) mass is 349 g/mol. The number of aliphatic hydroxyl groups is 1. The summed E-state index contributed by atoms with van der Waals surface area (Å²) in [7, 11) is 0. The molecule has 0 saturated heterocycles. The number of ether oxygens (including phenoxy) is 1. The van der Waals surface area contributed by atoms with Crippen molar-refractivity contribution in [2.24, 2.45) is 0 Å². The smallest absolute Gasteiger partial charge is 0.319 e. The first-order valence-corrected chi connectivity index (χ1v) is 7.79. The van der Waals surface area contributed by atoms with Gasteiger partial charge in [-0.1, -0.05) is 6.07 Å². The molecule has 2 amide bonds. The van der Waals surface area contributed by atoms with Gasteiger partial charge in [0.2, 0.25) is 11.7 Å². The lowest BCUT2D eigenvalue weighted by Gasteiger charge is -2.40. The number of rotatable bonds is 5. The van der Waals surface area contributed by atoms with Gasteiger partial charge in [-0.15, -0.1) is 0 Å². The van der Waals surface area contributed by atoms with E-state index in [1.807, 2.05) is 0 Å². The molecule has 3 rings (SSSR count). The fourth-order valence-electron chi connectivity index (χ4n) is 2.52. The number of anilines is 1. The second-order valence-electron chi connectivity index (χ2n) is 5.91. The highest BCUT2D eigenvalue weighted by atomic mass is 19.2. The zero-order valence-corrected chi connectivity index (χ0v) is 13.3. The summed E-state index contributed by atoms with van der Waals surface area (Å²) in [5.74, 6) is -2.33. The third-order valence-electron chi connectivity index (χ3n) is 4.12. The van der Waals surface area contributed by atoms with Crippen LogP contribution in [0.2, 0.25) is 0 Å². The number of benzene rings is 1. The second-order valence-corrected chi connectivity index (χ2v) is 5.91. The molecule has 0 unspecified atom stereocenters. The van der Waals surface area contributed by atoms with Gasteiger partial charge in [0.25, 0.3) is 0 Å². The van der Waals surface area contributed by atoms with Crippen LogP contribution in [0.1, 0.15) is 19.3 Å². The van der Waals surface area contributed by atoms with Crippen molar-refractivity contribution >= 4 is 11.7 Å². The van der Waals surface area contributed by atoms with Gasteiger partial charge in [0.05, 0.1) is 24.0 Å². The third kappa shape index (κ3) is 3.85. The van der Waals surface area contributed by atoms with E-state index >= 15 is 0 Å². The number of halogens is 2. The van der Waals surface area contributed by atoms with E-state index in [-0.39, 0.29) is 18.2 Å². The number of aromatic nitrogens is 1. The maximum atomic E-state index is 13.6. The van der Waals surface area contributed by atoms with Gasteiger partial charge in [0, 0.05) is 6.07 Å². The van der Waals surface area contributed by atoms with E-state index < -0.39 is 23.2 Å². The molecule has 1 aliphatic rings. The van der Waals surface area contributed by atoms with Gasteiger partial charge in [-0.2, -0.15) is 4.39 Å². The number of urea groups is 1. The summed E-state index contributed by atoms with van der Waals surface area (Å²) in [5, 5.41) is 14.7. The number of amides is 2. The lowest BCUT2D eigenvalue weighted by Crippen LogP contribution is -2.57. The fraction of sp³-hybridized carbons (Fsp3) is 0.294.